The number of carbonyl (C=O) groups excluding carboxylic acids is 1. The number of hydrogen-bond donors (Lipinski definition) is 1. The van der Waals surface area contributed by atoms with Gasteiger partial charge in [0.25, 0.3) is 5.56 Å². The molecule has 4 rings (SSSR count). The Balaban J connectivity index is 1.58. The second-order valence-corrected chi connectivity index (χ2v) is 9.18. The number of hydrogen-bond acceptors (Lipinski definition) is 7. The number of rotatable bonds is 7. The molecular formula is C24H23N3O4S2. The molecule has 0 fully saturated rings. The van der Waals surface area contributed by atoms with E-state index in [2.05, 4.69) is 5.32 Å². The largest absolute Gasteiger partial charge is 0.497 e. The van der Waals surface area contributed by atoms with Gasteiger partial charge in [0.05, 0.1) is 31.2 Å². The van der Waals surface area contributed by atoms with Crippen molar-refractivity contribution in [2.45, 2.75) is 12.1 Å². The topological polar surface area (TPSA) is 82.5 Å². The highest BCUT2D eigenvalue weighted by atomic mass is 32.2. The van der Waals surface area contributed by atoms with Crippen LogP contribution < -0.4 is 20.3 Å². The number of aromatic nitrogens is 2. The number of methoxy groups -OCH3 is 2. The minimum atomic E-state index is -0.245. The SMILES string of the molecule is COc1ccc(OC)c(NC(=O)CSc2nc3c(-c4ccc(C)cc4)csc3c(=O)n2C)c1. The zero-order valence-corrected chi connectivity index (χ0v) is 20.3. The molecule has 0 aliphatic carbocycles. The lowest BCUT2D eigenvalue weighted by molar-refractivity contribution is -0.113. The highest BCUT2D eigenvalue weighted by Gasteiger charge is 2.17. The van der Waals surface area contributed by atoms with E-state index in [1.54, 1.807) is 32.4 Å². The maximum atomic E-state index is 12.9. The van der Waals surface area contributed by atoms with Crippen molar-refractivity contribution in [3.63, 3.8) is 0 Å². The van der Waals surface area contributed by atoms with Crippen LogP contribution in [-0.4, -0.2) is 35.4 Å². The first-order valence-electron chi connectivity index (χ1n) is 10.1. The van der Waals surface area contributed by atoms with Crippen molar-refractivity contribution in [3.8, 4) is 22.6 Å². The van der Waals surface area contributed by atoms with Gasteiger partial charge in [0.15, 0.2) is 5.16 Å². The van der Waals surface area contributed by atoms with Gasteiger partial charge >= 0.3 is 0 Å². The number of thioether (sulfide) groups is 1. The second-order valence-electron chi connectivity index (χ2n) is 7.35. The lowest BCUT2D eigenvalue weighted by atomic mass is 10.1. The van der Waals surface area contributed by atoms with E-state index in [1.165, 1.54) is 34.8 Å². The molecule has 9 heteroatoms. The number of amides is 1. The van der Waals surface area contributed by atoms with Crippen molar-refractivity contribution in [2.75, 3.05) is 25.3 Å². The summed E-state index contributed by atoms with van der Waals surface area (Å²) in [4.78, 5) is 30.3. The summed E-state index contributed by atoms with van der Waals surface area (Å²) < 4.78 is 12.6. The third-order valence-electron chi connectivity index (χ3n) is 5.13. The number of fused-ring (bicyclic) bond motifs is 1. The van der Waals surface area contributed by atoms with Gasteiger partial charge in [0.1, 0.15) is 16.2 Å². The van der Waals surface area contributed by atoms with Crippen molar-refractivity contribution in [3.05, 3.63) is 63.8 Å². The Morgan fingerprint density at radius 3 is 2.61 bits per heavy atom. The molecule has 4 aromatic rings. The summed E-state index contributed by atoms with van der Waals surface area (Å²) in [6, 6.07) is 13.3. The fourth-order valence-electron chi connectivity index (χ4n) is 3.32. The van der Waals surface area contributed by atoms with Gasteiger partial charge in [-0.1, -0.05) is 41.6 Å². The standard InChI is InChI=1S/C24H23N3O4S2/c1-14-5-7-15(8-6-14)17-12-32-22-21(17)26-24(27(2)23(22)29)33-13-20(28)25-18-11-16(30-3)9-10-19(18)31-4/h5-12H,13H2,1-4H3,(H,25,28). The van der Waals surface area contributed by atoms with Crippen molar-refractivity contribution in [1.82, 2.24) is 9.55 Å². The summed E-state index contributed by atoms with van der Waals surface area (Å²) in [6.07, 6.45) is 0. The van der Waals surface area contributed by atoms with E-state index >= 15 is 0 Å². The third kappa shape index (κ3) is 4.74. The van der Waals surface area contributed by atoms with Crippen LogP contribution in [0.5, 0.6) is 11.5 Å². The van der Waals surface area contributed by atoms with E-state index in [9.17, 15) is 9.59 Å². The van der Waals surface area contributed by atoms with Crippen LogP contribution >= 0.6 is 23.1 Å². The van der Waals surface area contributed by atoms with Crippen LogP contribution in [0.2, 0.25) is 0 Å². The van der Waals surface area contributed by atoms with Crippen LogP contribution in [0.1, 0.15) is 5.56 Å². The van der Waals surface area contributed by atoms with Gasteiger partial charge in [0.2, 0.25) is 5.91 Å². The van der Waals surface area contributed by atoms with Crippen LogP contribution in [0.4, 0.5) is 5.69 Å². The van der Waals surface area contributed by atoms with E-state index in [0.29, 0.717) is 32.6 Å². The van der Waals surface area contributed by atoms with Crippen LogP contribution in [0, 0.1) is 6.92 Å². The summed E-state index contributed by atoms with van der Waals surface area (Å²) in [5.74, 6) is 0.970. The molecule has 0 unspecified atom stereocenters. The van der Waals surface area contributed by atoms with Gasteiger partial charge in [0, 0.05) is 24.1 Å². The Hall–Kier alpha value is -3.30. The summed E-state index contributed by atoms with van der Waals surface area (Å²) in [7, 11) is 4.76. The molecule has 2 aromatic carbocycles. The number of carbonyl (C=O) groups is 1. The molecule has 2 heterocycles. The smallest absolute Gasteiger partial charge is 0.271 e. The molecule has 1 amide bonds. The van der Waals surface area contributed by atoms with Crippen molar-refractivity contribution in [1.29, 1.82) is 0 Å². The monoisotopic (exact) mass is 481 g/mol. The lowest BCUT2D eigenvalue weighted by Crippen LogP contribution is -2.21. The number of anilines is 1. The maximum Gasteiger partial charge on any atom is 0.271 e. The van der Waals surface area contributed by atoms with E-state index < -0.39 is 0 Å². The van der Waals surface area contributed by atoms with Crippen LogP contribution in [0.3, 0.4) is 0 Å². The molecule has 2 aromatic heterocycles. The number of aryl methyl sites for hydroxylation is 1. The van der Waals surface area contributed by atoms with E-state index in [-0.39, 0.29) is 17.2 Å². The molecule has 0 radical (unpaired) electrons. The number of thiophene rings is 1. The quantitative estimate of drug-likeness (QED) is 0.304. The first-order chi connectivity index (χ1) is 15.9. The fraction of sp³-hybridized carbons (Fsp3) is 0.208. The van der Waals surface area contributed by atoms with Crippen LogP contribution in [0.15, 0.2) is 57.8 Å². The van der Waals surface area contributed by atoms with Crippen molar-refractivity contribution < 1.29 is 14.3 Å². The highest BCUT2D eigenvalue weighted by Crippen LogP contribution is 2.33. The molecular weight excluding hydrogens is 458 g/mol. The van der Waals surface area contributed by atoms with Gasteiger partial charge in [-0.2, -0.15) is 0 Å². The summed E-state index contributed by atoms with van der Waals surface area (Å²) in [5, 5.41) is 5.27. The van der Waals surface area contributed by atoms with Crippen LogP contribution in [-0.2, 0) is 11.8 Å². The summed E-state index contributed by atoms with van der Waals surface area (Å²) in [6.45, 7) is 2.03. The molecule has 7 nitrogen and oxygen atoms in total. The zero-order chi connectivity index (χ0) is 23.5. The van der Waals surface area contributed by atoms with Gasteiger partial charge in [-0.15, -0.1) is 11.3 Å². The predicted molar refractivity (Wildman–Crippen MR) is 134 cm³/mol. The van der Waals surface area contributed by atoms with Crippen LogP contribution in [0.25, 0.3) is 21.3 Å². The van der Waals surface area contributed by atoms with Gasteiger partial charge < -0.3 is 14.8 Å². The molecule has 170 valence electrons. The molecule has 0 bridgehead atoms. The second kappa shape index (κ2) is 9.68. The Labute approximate surface area is 199 Å². The molecule has 0 aliphatic rings. The average molecular weight is 482 g/mol. The molecule has 0 saturated heterocycles. The average Bonchev–Trinajstić information content (AvgIpc) is 3.24. The van der Waals surface area contributed by atoms with E-state index in [0.717, 1.165) is 16.7 Å². The normalized spacial score (nSPS) is 10.9. The lowest BCUT2D eigenvalue weighted by Gasteiger charge is -2.12. The Bertz CT molecular complexity index is 1380. The number of benzene rings is 2. The van der Waals surface area contributed by atoms with Crippen molar-refractivity contribution >= 4 is 44.9 Å². The minimum Gasteiger partial charge on any atom is -0.497 e. The highest BCUT2D eigenvalue weighted by molar-refractivity contribution is 7.99. The van der Waals surface area contributed by atoms with Gasteiger partial charge in [-0.25, -0.2) is 4.98 Å². The van der Waals surface area contributed by atoms with E-state index in [1.807, 2.05) is 36.6 Å². The van der Waals surface area contributed by atoms with Gasteiger partial charge in [-0.05, 0) is 24.6 Å². The fourth-order valence-corrected chi connectivity index (χ4v) is 5.07. The molecule has 0 spiro atoms. The zero-order valence-electron chi connectivity index (χ0n) is 18.7. The Morgan fingerprint density at radius 2 is 1.91 bits per heavy atom. The maximum absolute atomic E-state index is 12.9. The minimum absolute atomic E-state index is 0.0795. The first kappa shape index (κ1) is 22.9. The summed E-state index contributed by atoms with van der Waals surface area (Å²) >= 11 is 2.59. The Kier molecular flexibility index (Phi) is 6.71. The van der Waals surface area contributed by atoms with E-state index in [4.69, 9.17) is 14.5 Å². The molecule has 1 N–H and O–H groups in total. The molecule has 33 heavy (non-hydrogen) atoms. The third-order valence-corrected chi connectivity index (χ3v) is 7.12. The first-order valence-corrected chi connectivity index (χ1v) is 12.0. The molecule has 0 aliphatic heterocycles. The predicted octanol–water partition coefficient (Wildman–Crippen LogP) is 4.72. The van der Waals surface area contributed by atoms with Crippen molar-refractivity contribution in [2.24, 2.45) is 7.05 Å². The molecule has 0 saturated carbocycles. The number of nitrogens with one attached hydrogen (secondary N) is 1. The Morgan fingerprint density at radius 1 is 1.15 bits per heavy atom. The van der Waals surface area contributed by atoms with Gasteiger partial charge in [-0.3, -0.25) is 14.2 Å². The number of nitrogens with zero attached hydrogens (tertiary/aromatic N) is 2. The number of ether oxygens (including phenoxy) is 2. The molecule has 0 atom stereocenters. The summed E-state index contributed by atoms with van der Waals surface area (Å²) in [5.41, 5.74) is 4.13.